The standard InChI is InChI=1S/C26H28N6.C16H17ClN6.C15H22BNO2.ClH/c1-18-6-5-14-31(18)25-10-4-9-24(29-25)28-23-17-22(30-32-15-13-27-26(23)32)21-12-11-19-7-2-3-8-20(19)16-21;1-11-4-3-8-22(11)15-6-2-5-14(20-15)19-12-10-13(17)21-23-9-7-18-16(12)23;1-14(2)15(3,4)19-16(18-14)12-8-7-11-6-5-9-17-13(11)10-12;/h4,9-13,15-18H,2-3,5-8,14H2,1H3,(H,28,29);2,5-7,9-11H,3-4,8H2,1H3,(H,19,20);7-8,10,17H,5-6,9H2,1-4H3;1H. The molecule has 18 heteroatoms. The lowest BCUT2D eigenvalue weighted by molar-refractivity contribution is 0.00578. The van der Waals surface area contributed by atoms with Crippen LogP contribution in [0.3, 0.4) is 0 Å². The minimum absolute atomic E-state index is 0. The highest BCUT2D eigenvalue weighted by Gasteiger charge is 2.51. The summed E-state index contributed by atoms with van der Waals surface area (Å²) < 4.78 is 15.7. The van der Waals surface area contributed by atoms with Gasteiger partial charge in [-0.05, 0) is 170 Å². The minimum atomic E-state index is -0.277. The predicted molar refractivity (Wildman–Crippen MR) is 306 cm³/mol. The first-order valence-corrected chi connectivity index (χ1v) is 26.9. The topological polar surface area (TPSA) is 147 Å². The molecule has 2 aromatic carbocycles. The molecule has 3 fully saturated rings. The molecule has 0 saturated carbocycles. The number of nitrogens with zero attached hydrogens (tertiary/aromatic N) is 10. The Labute approximate surface area is 451 Å². The quantitative estimate of drug-likeness (QED) is 0.124. The average molecular weight is 1050 g/mol. The Morgan fingerprint density at radius 2 is 1.21 bits per heavy atom. The summed E-state index contributed by atoms with van der Waals surface area (Å²) in [5.74, 6) is 3.63. The largest absolute Gasteiger partial charge is 0.494 e. The molecular formula is C57H68BCl2N13O2. The number of nitrogens with one attached hydrogen (secondary N) is 3. The van der Waals surface area contributed by atoms with E-state index in [1.54, 1.807) is 29.2 Å². The summed E-state index contributed by atoms with van der Waals surface area (Å²) in [5.41, 5.74) is 11.4. The van der Waals surface area contributed by atoms with E-state index in [4.69, 9.17) is 36.0 Å². The summed E-state index contributed by atoms with van der Waals surface area (Å²) in [7, 11) is -0.265. The second kappa shape index (κ2) is 22.0. The molecule has 13 rings (SSSR count). The fourth-order valence-corrected chi connectivity index (χ4v) is 10.9. The van der Waals surface area contributed by atoms with Crippen LogP contribution in [-0.4, -0.2) is 89.2 Å². The van der Waals surface area contributed by atoms with Gasteiger partial charge in [-0.25, -0.2) is 29.0 Å². The summed E-state index contributed by atoms with van der Waals surface area (Å²) in [6, 6.07) is 30.4. The minimum Gasteiger partial charge on any atom is -0.399 e. The second-order valence-electron chi connectivity index (χ2n) is 21.3. The van der Waals surface area contributed by atoms with Crippen LogP contribution in [0.5, 0.6) is 0 Å². The number of halogens is 2. The maximum atomic E-state index is 6.09. The van der Waals surface area contributed by atoms with Gasteiger partial charge < -0.3 is 35.1 Å². The van der Waals surface area contributed by atoms with Gasteiger partial charge in [0, 0.05) is 73.8 Å². The molecule has 3 N–H and O–H groups in total. The van der Waals surface area contributed by atoms with Gasteiger partial charge in [0.05, 0.1) is 28.3 Å². The normalized spacial score (nSPS) is 19.3. The van der Waals surface area contributed by atoms with E-state index >= 15 is 0 Å². The predicted octanol–water partition coefficient (Wildman–Crippen LogP) is 11.7. The number of pyridine rings is 2. The molecule has 2 atom stereocenters. The fraction of sp³-hybridized carbons (Fsp3) is 0.404. The van der Waals surface area contributed by atoms with E-state index in [1.165, 1.54) is 73.7 Å². The zero-order chi connectivity index (χ0) is 51.0. The first kappa shape index (κ1) is 52.0. The lowest BCUT2D eigenvalue weighted by Crippen LogP contribution is -2.41. The summed E-state index contributed by atoms with van der Waals surface area (Å²) in [6.45, 7) is 16.0. The maximum Gasteiger partial charge on any atom is 0.494 e. The van der Waals surface area contributed by atoms with Crippen molar-refractivity contribution in [2.24, 2.45) is 0 Å². The first-order chi connectivity index (χ1) is 35.8. The highest BCUT2D eigenvalue weighted by Crippen LogP contribution is 2.37. The molecule has 10 heterocycles. The van der Waals surface area contributed by atoms with Crippen LogP contribution in [0.25, 0.3) is 22.6 Å². The smallest absolute Gasteiger partial charge is 0.399 e. The van der Waals surface area contributed by atoms with Crippen molar-refractivity contribution in [3.63, 3.8) is 0 Å². The van der Waals surface area contributed by atoms with Gasteiger partial charge in [0.15, 0.2) is 16.4 Å². The molecular weight excluding hydrogens is 980 g/mol. The van der Waals surface area contributed by atoms with E-state index < -0.39 is 0 Å². The van der Waals surface area contributed by atoms with Crippen molar-refractivity contribution < 1.29 is 9.31 Å². The molecule has 2 unspecified atom stereocenters. The molecule has 0 radical (unpaired) electrons. The van der Waals surface area contributed by atoms with Crippen LogP contribution in [0.15, 0.2) is 110 Å². The summed E-state index contributed by atoms with van der Waals surface area (Å²) in [5, 5.41) is 19.7. The van der Waals surface area contributed by atoms with Crippen molar-refractivity contribution in [3.8, 4) is 11.3 Å². The molecule has 15 nitrogen and oxygen atoms in total. The third-order valence-electron chi connectivity index (χ3n) is 15.6. The lowest BCUT2D eigenvalue weighted by Gasteiger charge is -2.32. The molecule has 8 aromatic rings. The molecule has 0 bridgehead atoms. The van der Waals surface area contributed by atoms with Crippen LogP contribution < -0.4 is 31.2 Å². The summed E-state index contributed by atoms with van der Waals surface area (Å²) >= 11 is 6.07. The number of rotatable bonds is 8. The number of hydrogen-bond donors (Lipinski definition) is 3. The van der Waals surface area contributed by atoms with Gasteiger partial charge in [-0.15, -0.1) is 12.4 Å². The van der Waals surface area contributed by atoms with Crippen LogP contribution >= 0.6 is 24.0 Å². The van der Waals surface area contributed by atoms with E-state index in [1.807, 2.05) is 28.9 Å². The lowest BCUT2D eigenvalue weighted by atomic mass is 9.78. The molecule has 0 spiro atoms. The fourth-order valence-electron chi connectivity index (χ4n) is 10.8. The number of benzene rings is 2. The Hall–Kier alpha value is -6.46. The van der Waals surface area contributed by atoms with Gasteiger partial charge in [0.2, 0.25) is 0 Å². The third-order valence-corrected chi connectivity index (χ3v) is 15.8. The zero-order valence-corrected chi connectivity index (χ0v) is 45.5. The third kappa shape index (κ3) is 11.3. The molecule has 4 aliphatic heterocycles. The Kier molecular flexibility index (Phi) is 15.3. The van der Waals surface area contributed by atoms with Crippen LogP contribution in [0.2, 0.25) is 5.15 Å². The number of imidazole rings is 2. The average Bonchev–Trinajstić information content (AvgIpc) is 4.27. The van der Waals surface area contributed by atoms with Crippen molar-refractivity contribution in [1.29, 1.82) is 0 Å². The van der Waals surface area contributed by atoms with Crippen molar-refractivity contribution in [3.05, 3.63) is 132 Å². The van der Waals surface area contributed by atoms with Crippen LogP contribution in [0.4, 0.5) is 40.3 Å². The van der Waals surface area contributed by atoms with E-state index in [0.29, 0.717) is 17.2 Å². The second-order valence-corrected chi connectivity index (χ2v) is 21.7. The number of hydrogen-bond acceptors (Lipinski definition) is 13. The van der Waals surface area contributed by atoms with E-state index in [0.717, 1.165) is 95.1 Å². The molecule has 3 saturated heterocycles. The number of aryl methyl sites for hydroxylation is 3. The van der Waals surface area contributed by atoms with E-state index in [-0.39, 0.29) is 30.7 Å². The highest BCUT2D eigenvalue weighted by molar-refractivity contribution is 6.62. The highest BCUT2D eigenvalue weighted by atomic mass is 35.5. The van der Waals surface area contributed by atoms with Gasteiger partial charge in [-0.1, -0.05) is 48.0 Å². The summed E-state index contributed by atoms with van der Waals surface area (Å²) in [4.78, 5) is 23.2. The zero-order valence-electron chi connectivity index (χ0n) is 43.9. The number of anilines is 7. The van der Waals surface area contributed by atoms with Gasteiger partial charge in [0.25, 0.3) is 0 Å². The summed E-state index contributed by atoms with van der Waals surface area (Å²) in [6.07, 6.45) is 19.3. The van der Waals surface area contributed by atoms with Crippen molar-refractivity contribution in [1.82, 2.24) is 39.2 Å². The molecule has 6 aromatic heterocycles. The van der Waals surface area contributed by atoms with Gasteiger partial charge in [-0.3, -0.25) is 0 Å². The molecule has 390 valence electrons. The number of aromatic nitrogens is 8. The molecule has 5 aliphatic rings. The SMILES string of the molecule is CC1(C)OB(c2ccc3c(c2)NCCC3)OC1(C)C.CC1CCCN1c1cccc(Nc2cc(-c3ccc4c(c3)CCCC4)nn3ccnc23)n1.CC1CCCN1c1cccc(Nc2cc(Cl)nn3ccnc23)n1.Cl. The Bertz CT molecular complexity index is 3280. The van der Waals surface area contributed by atoms with Crippen molar-refractivity contribution >= 4 is 88.2 Å². The Morgan fingerprint density at radius 3 is 1.83 bits per heavy atom. The maximum absolute atomic E-state index is 6.09. The number of fused-ring (bicyclic) bond motifs is 4. The molecule has 1 aliphatic carbocycles. The van der Waals surface area contributed by atoms with Gasteiger partial charge >= 0.3 is 7.12 Å². The Morgan fingerprint density at radius 1 is 0.640 bits per heavy atom. The van der Waals surface area contributed by atoms with E-state index in [2.05, 4.69) is 143 Å². The van der Waals surface area contributed by atoms with Crippen molar-refractivity contribution in [2.75, 3.05) is 45.4 Å². The van der Waals surface area contributed by atoms with Gasteiger partial charge in [-0.2, -0.15) is 10.2 Å². The van der Waals surface area contributed by atoms with Gasteiger partial charge in [0.1, 0.15) is 23.3 Å². The van der Waals surface area contributed by atoms with Crippen LogP contribution in [-0.2, 0) is 28.6 Å². The monoisotopic (exact) mass is 1050 g/mol. The molecule has 0 amide bonds. The Balaban J connectivity index is 0.000000133. The van der Waals surface area contributed by atoms with Crippen molar-refractivity contribution in [2.45, 2.75) is 129 Å². The van der Waals surface area contributed by atoms with E-state index in [9.17, 15) is 0 Å². The van der Waals surface area contributed by atoms with Crippen LogP contribution in [0, 0.1) is 0 Å². The molecule has 75 heavy (non-hydrogen) atoms. The first-order valence-electron chi connectivity index (χ1n) is 26.5. The van der Waals surface area contributed by atoms with Crippen LogP contribution in [0.1, 0.15) is 103 Å².